The maximum absolute atomic E-state index is 12.3. The second-order valence-electron chi connectivity index (χ2n) is 5.23. The molecule has 1 amide bonds. The van der Waals surface area contributed by atoms with Crippen LogP contribution < -0.4 is 5.32 Å². The number of rotatable bonds is 4. The molecule has 19 heavy (non-hydrogen) atoms. The van der Waals surface area contributed by atoms with E-state index >= 15 is 0 Å². The van der Waals surface area contributed by atoms with Crippen molar-refractivity contribution in [3.63, 3.8) is 0 Å². The molecule has 1 atom stereocenters. The van der Waals surface area contributed by atoms with Crippen LogP contribution in [0.1, 0.15) is 55.8 Å². The number of hydrogen-bond donors (Lipinski definition) is 1. The Morgan fingerprint density at radius 1 is 1.47 bits per heavy atom. The van der Waals surface area contributed by atoms with Crippen molar-refractivity contribution in [1.82, 2.24) is 10.3 Å². The van der Waals surface area contributed by atoms with Gasteiger partial charge in [0, 0.05) is 12.2 Å². The Labute approximate surface area is 123 Å². The van der Waals surface area contributed by atoms with Crippen LogP contribution in [-0.2, 0) is 0 Å². The molecular weight excluding hydrogens is 304 g/mol. The summed E-state index contributed by atoms with van der Waals surface area (Å²) in [6.07, 6.45) is 9.10. The highest BCUT2D eigenvalue weighted by molar-refractivity contribution is 9.10. The number of carbonyl (C=O) groups excluding carboxylic acids is 1. The summed E-state index contributed by atoms with van der Waals surface area (Å²) in [5.41, 5.74) is 0.622. The number of hydrogen-bond acceptors (Lipinski definition) is 2. The predicted octanol–water partition coefficient (Wildman–Crippen LogP) is 3.93. The fourth-order valence-electron chi connectivity index (χ4n) is 2.89. The van der Waals surface area contributed by atoms with Gasteiger partial charge in [-0.15, -0.1) is 0 Å². The van der Waals surface area contributed by atoms with Crippen molar-refractivity contribution in [3.05, 3.63) is 28.5 Å². The van der Waals surface area contributed by atoms with Crippen LogP contribution in [0.2, 0.25) is 0 Å². The van der Waals surface area contributed by atoms with E-state index in [9.17, 15) is 4.79 Å². The van der Waals surface area contributed by atoms with E-state index in [-0.39, 0.29) is 5.91 Å². The van der Waals surface area contributed by atoms with Gasteiger partial charge in [0.15, 0.2) is 0 Å². The quantitative estimate of drug-likeness (QED) is 0.852. The molecule has 0 saturated heterocycles. The molecule has 0 aromatic carbocycles. The molecular formula is C15H21BrN2O. The molecule has 1 aromatic heterocycles. The Morgan fingerprint density at radius 2 is 2.21 bits per heavy atom. The predicted molar refractivity (Wildman–Crippen MR) is 80.1 cm³/mol. The molecule has 0 spiro atoms. The van der Waals surface area contributed by atoms with E-state index in [1.807, 2.05) is 0 Å². The van der Waals surface area contributed by atoms with Gasteiger partial charge in [0.05, 0.1) is 5.56 Å². The average Bonchev–Trinajstić information content (AvgIpc) is 2.46. The smallest absolute Gasteiger partial charge is 0.254 e. The first-order valence-corrected chi connectivity index (χ1v) is 7.93. The van der Waals surface area contributed by atoms with Gasteiger partial charge in [0.1, 0.15) is 4.60 Å². The molecule has 1 unspecified atom stereocenters. The number of carbonyl (C=O) groups is 1. The molecule has 0 aliphatic heterocycles. The molecule has 0 bridgehead atoms. The zero-order valence-electron chi connectivity index (χ0n) is 11.4. The maximum Gasteiger partial charge on any atom is 0.254 e. The van der Waals surface area contributed by atoms with Crippen LogP contribution in [0.15, 0.2) is 22.9 Å². The van der Waals surface area contributed by atoms with Gasteiger partial charge in [-0.1, -0.05) is 26.2 Å². The highest BCUT2D eigenvalue weighted by Crippen LogP contribution is 2.28. The molecule has 2 rings (SSSR count). The first-order chi connectivity index (χ1) is 9.22. The standard InChI is InChI=1S/C15H21BrN2O/c1-2-13(11-7-4-3-5-8-11)18-15(19)12-9-6-10-17-14(12)16/h6,9-11,13H,2-5,7-8H2,1H3,(H,18,19). The van der Waals surface area contributed by atoms with Crippen molar-refractivity contribution < 1.29 is 4.79 Å². The van der Waals surface area contributed by atoms with Crippen LogP contribution in [0, 0.1) is 5.92 Å². The first kappa shape index (κ1) is 14.5. The van der Waals surface area contributed by atoms with Crippen LogP contribution >= 0.6 is 15.9 Å². The van der Waals surface area contributed by atoms with Gasteiger partial charge in [-0.25, -0.2) is 4.98 Å². The molecule has 4 heteroatoms. The molecule has 1 N–H and O–H groups in total. The zero-order chi connectivity index (χ0) is 13.7. The topological polar surface area (TPSA) is 42.0 Å². The summed E-state index contributed by atoms with van der Waals surface area (Å²) >= 11 is 3.33. The van der Waals surface area contributed by atoms with Gasteiger partial charge >= 0.3 is 0 Å². The van der Waals surface area contributed by atoms with E-state index < -0.39 is 0 Å². The van der Waals surface area contributed by atoms with Crippen molar-refractivity contribution in [2.45, 2.75) is 51.5 Å². The first-order valence-electron chi connectivity index (χ1n) is 7.13. The van der Waals surface area contributed by atoms with E-state index in [1.165, 1.54) is 32.1 Å². The van der Waals surface area contributed by atoms with Gasteiger partial charge in [0.2, 0.25) is 0 Å². The Morgan fingerprint density at radius 3 is 2.84 bits per heavy atom. The lowest BCUT2D eigenvalue weighted by Crippen LogP contribution is -2.40. The number of pyridine rings is 1. The number of amides is 1. The molecule has 1 heterocycles. The SMILES string of the molecule is CCC(NC(=O)c1cccnc1Br)C1CCCCC1. The minimum atomic E-state index is -0.0163. The Hall–Kier alpha value is -0.900. The van der Waals surface area contributed by atoms with Crippen LogP contribution in [-0.4, -0.2) is 16.9 Å². The monoisotopic (exact) mass is 324 g/mol. The summed E-state index contributed by atoms with van der Waals surface area (Å²) in [5, 5.41) is 3.18. The summed E-state index contributed by atoms with van der Waals surface area (Å²) in [6, 6.07) is 3.89. The van der Waals surface area contributed by atoms with Gasteiger partial charge in [0.25, 0.3) is 5.91 Å². The fraction of sp³-hybridized carbons (Fsp3) is 0.600. The fourth-order valence-corrected chi connectivity index (χ4v) is 3.32. The van der Waals surface area contributed by atoms with E-state index in [0.717, 1.165) is 6.42 Å². The van der Waals surface area contributed by atoms with Crippen molar-refractivity contribution >= 4 is 21.8 Å². The number of nitrogens with zero attached hydrogens (tertiary/aromatic N) is 1. The third-order valence-corrected chi connectivity index (χ3v) is 4.61. The summed E-state index contributed by atoms with van der Waals surface area (Å²) in [6.45, 7) is 2.15. The Kier molecular flexibility index (Phi) is 5.37. The minimum Gasteiger partial charge on any atom is -0.349 e. The third-order valence-electron chi connectivity index (χ3n) is 3.98. The summed E-state index contributed by atoms with van der Waals surface area (Å²) in [4.78, 5) is 16.4. The zero-order valence-corrected chi connectivity index (χ0v) is 12.9. The molecule has 3 nitrogen and oxygen atoms in total. The van der Waals surface area contributed by atoms with Crippen LogP contribution in [0.3, 0.4) is 0 Å². The normalized spacial score (nSPS) is 18.0. The molecule has 1 aliphatic rings. The second-order valence-corrected chi connectivity index (χ2v) is 5.98. The molecule has 1 aromatic rings. The lowest BCUT2D eigenvalue weighted by Gasteiger charge is -2.30. The van der Waals surface area contributed by atoms with Crippen molar-refractivity contribution in [1.29, 1.82) is 0 Å². The van der Waals surface area contributed by atoms with Crippen LogP contribution in [0.5, 0.6) is 0 Å². The molecule has 0 radical (unpaired) electrons. The van der Waals surface area contributed by atoms with Crippen molar-refractivity contribution in [3.8, 4) is 0 Å². The van der Waals surface area contributed by atoms with E-state index in [1.54, 1.807) is 18.3 Å². The van der Waals surface area contributed by atoms with Gasteiger partial charge in [-0.2, -0.15) is 0 Å². The summed E-state index contributed by atoms with van der Waals surface area (Å²) in [7, 11) is 0. The van der Waals surface area contributed by atoms with Crippen LogP contribution in [0.25, 0.3) is 0 Å². The lowest BCUT2D eigenvalue weighted by atomic mass is 9.83. The second kappa shape index (κ2) is 7.04. The van der Waals surface area contributed by atoms with E-state index in [0.29, 0.717) is 22.1 Å². The van der Waals surface area contributed by atoms with Crippen molar-refractivity contribution in [2.75, 3.05) is 0 Å². The molecule has 1 fully saturated rings. The Bertz CT molecular complexity index is 430. The number of nitrogens with one attached hydrogen (secondary N) is 1. The highest BCUT2D eigenvalue weighted by Gasteiger charge is 2.24. The van der Waals surface area contributed by atoms with Crippen molar-refractivity contribution in [2.24, 2.45) is 5.92 Å². The Balaban J connectivity index is 2.01. The van der Waals surface area contributed by atoms with E-state index in [4.69, 9.17) is 0 Å². The maximum atomic E-state index is 12.3. The summed E-state index contributed by atoms with van der Waals surface area (Å²) in [5.74, 6) is 0.621. The average molecular weight is 325 g/mol. The van der Waals surface area contributed by atoms with E-state index in [2.05, 4.69) is 33.2 Å². The number of halogens is 1. The highest BCUT2D eigenvalue weighted by atomic mass is 79.9. The van der Waals surface area contributed by atoms with Gasteiger partial charge in [-0.05, 0) is 53.2 Å². The lowest BCUT2D eigenvalue weighted by molar-refractivity contribution is 0.0910. The largest absolute Gasteiger partial charge is 0.349 e. The molecule has 1 aliphatic carbocycles. The van der Waals surface area contributed by atoms with Gasteiger partial charge in [-0.3, -0.25) is 4.79 Å². The number of aromatic nitrogens is 1. The van der Waals surface area contributed by atoms with Gasteiger partial charge < -0.3 is 5.32 Å². The third kappa shape index (κ3) is 3.78. The summed E-state index contributed by atoms with van der Waals surface area (Å²) < 4.78 is 0.617. The molecule has 104 valence electrons. The van der Waals surface area contributed by atoms with Crippen LogP contribution in [0.4, 0.5) is 0 Å². The minimum absolute atomic E-state index is 0.0163. The molecule has 1 saturated carbocycles.